The maximum Gasteiger partial charge on any atom is 0.0518 e. The average molecular weight is 625 g/mol. The summed E-state index contributed by atoms with van der Waals surface area (Å²) in [5, 5.41) is 0. The molecule has 2 heteroatoms. The molecule has 0 spiro atoms. The molecule has 1 saturated carbocycles. The molecule has 1 heterocycles. The van der Waals surface area contributed by atoms with E-state index in [1.54, 1.807) is 5.56 Å². The van der Waals surface area contributed by atoms with Gasteiger partial charge in [0, 0.05) is 33.9 Å². The molecule has 0 N–H and O–H groups in total. The van der Waals surface area contributed by atoms with E-state index in [1.165, 1.54) is 70.4 Å². The molecule has 8 rings (SSSR count). The number of benzene rings is 6. The van der Waals surface area contributed by atoms with E-state index >= 15 is 0 Å². The fourth-order valence-corrected chi connectivity index (χ4v) is 8.86. The first-order chi connectivity index (χ1) is 23.4. The Bertz CT molecular complexity index is 1980. The lowest BCUT2D eigenvalue weighted by Gasteiger charge is -2.50. The zero-order valence-electron chi connectivity index (χ0n) is 28.6. The van der Waals surface area contributed by atoms with Crippen LogP contribution in [0.15, 0.2) is 146 Å². The highest BCUT2D eigenvalue weighted by Gasteiger charge is 2.58. The molecule has 48 heavy (non-hydrogen) atoms. The van der Waals surface area contributed by atoms with E-state index in [0.717, 1.165) is 17.1 Å². The summed E-state index contributed by atoms with van der Waals surface area (Å²) < 4.78 is 0. The molecule has 0 radical (unpaired) electrons. The van der Waals surface area contributed by atoms with Gasteiger partial charge in [0.2, 0.25) is 0 Å². The van der Waals surface area contributed by atoms with Gasteiger partial charge in [-0.2, -0.15) is 0 Å². The SMILES string of the molecule is Cc1cc(C)c2c(c1)N(c1cccc(N(c3ccc(-c4ccccc4)cc3)c3ccc(-c4ccccc4)cc3)c1)C1(C)CCCCC21C. The van der Waals surface area contributed by atoms with Crippen molar-refractivity contribution in [3.63, 3.8) is 0 Å². The van der Waals surface area contributed by atoms with Crippen molar-refractivity contribution in [2.75, 3.05) is 9.80 Å². The highest BCUT2D eigenvalue weighted by Crippen LogP contribution is 2.62. The van der Waals surface area contributed by atoms with E-state index in [1.807, 2.05) is 0 Å². The van der Waals surface area contributed by atoms with Crippen molar-refractivity contribution in [1.82, 2.24) is 0 Å². The molecule has 0 saturated heterocycles. The second-order valence-electron chi connectivity index (χ2n) is 14.3. The highest BCUT2D eigenvalue weighted by atomic mass is 15.3. The third kappa shape index (κ3) is 4.94. The third-order valence-electron chi connectivity index (χ3n) is 11.3. The standard InChI is InChI=1S/C46H44N2/c1-33-30-34(2)44-43(31-33)48(46(4)29-12-11-28-45(44,46)3)42-19-13-18-41(32-42)47(39-24-20-37(21-25-39)35-14-7-5-8-15-35)40-26-22-38(23-27-40)36-16-9-6-10-17-36/h5-10,13-27,30-32H,11-12,28-29H2,1-4H3. The van der Waals surface area contributed by atoms with Gasteiger partial charge in [-0.3, -0.25) is 0 Å². The van der Waals surface area contributed by atoms with Crippen LogP contribution >= 0.6 is 0 Å². The van der Waals surface area contributed by atoms with Crippen LogP contribution in [-0.2, 0) is 5.41 Å². The van der Waals surface area contributed by atoms with Crippen molar-refractivity contribution in [1.29, 1.82) is 0 Å². The molecule has 238 valence electrons. The van der Waals surface area contributed by atoms with Crippen LogP contribution in [-0.4, -0.2) is 5.54 Å². The summed E-state index contributed by atoms with van der Waals surface area (Å²) in [6.07, 6.45) is 4.97. The predicted molar refractivity (Wildman–Crippen MR) is 204 cm³/mol. The van der Waals surface area contributed by atoms with Gasteiger partial charge >= 0.3 is 0 Å². The molecule has 6 aromatic carbocycles. The molecular weight excluding hydrogens is 581 g/mol. The summed E-state index contributed by atoms with van der Waals surface area (Å²) in [5.41, 5.74) is 15.4. The minimum absolute atomic E-state index is 0.00422. The molecule has 1 aliphatic carbocycles. The fraction of sp³-hybridized carbons (Fsp3) is 0.217. The lowest BCUT2D eigenvalue weighted by molar-refractivity contribution is 0.194. The van der Waals surface area contributed by atoms with Crippen LogP contribution in [0, 0.1) is 13.8 Å². The zero-order valence-corrected chi connectivity index (χ0v) is 28.6. The smallest absolute Gasteiger partial charge is 0.0518 e. The number of rotatable bonds is 6. The first kappa shape index (κ1) is 30.3. The van der Waals surface area contributed by atoms with E-state index in [2.05, 4.69) is 183 Å². The molecule has 2 aliphatic rings. The average Bonchev–Trinajstić information content (AvgIpc) is 3.33. The Hall–Kier alpha value is -5.08. The minimum Gasteiger partial charge on any atom is -0.334 e. The van der Waals surface area contributed by atoms with Crippen LogP contribution in [0.1, 0.15) is 56.2 Å². The Morgan fingerprint density at radius 2 is 1.06 bits per heavy atom. The number of anilines is 5. The maximum atomic E-state index is 2.71. The summed E-state index contributed by atoms with van der Waals surface area (Å²) in [5.74, 6) is 0. The van der Waals surface area contributed by atoms with Crippen molar-refractivity contribution in [3.8, 4) is 22.3 Å². The van der Waals surface area contributed by atoms with Crippen LogP contribution in [0.4, 0.5) is 28.4 Å². The highest BCUT2D eigenvalue weighted by molar-refractivity contribution is 5.84. The summed E-state index contributed by atoms with van der Waals surface area (Å²) in [4.78, 5) is 5.12. The van der Waals surface area contributed by atoms with E-state index < -0.39 is 0 Å². The Balaban J connectivity index is 1.26. The number of aryl methyl sites for hydroxylation is 2. The Morgan fingerprint density at radius 3 is 1.65 bits per heavy atom. The van der Waals surface area contributed by atoms with Gasteiger partial charge in [0.05, 0.1) is 5.54 Å². The summed E-state index contributed by atoms with van der Waals surface area (Å²) >= 11 is 0. The fourth-order valence-electron chi connectivity index (χ4n) is 8.86. The van der Waals surface area contributed by atoms with Gasteiger partial charge in [-0.25, -0.2) is 0 Å². The first-order valence-corrected chi connectivity index (χ1v) is 17.5. The zero-order chi connectivity index (χ0) is 32.9. The van der Waals surface area contributed by atoms with Crippen LogP contribution in [0.2, 0.25) is 0 Å². The maximum absolute atomic E-state index is 2.71. The van der Waals surface area contributed by atoms with Gasteiger partial charge in [-0.05, 0) is 121 Å². The Kier molecular flexibility index (Phi) is 7.48. The van der Waals surface area contributed by atoms with E-state index in [0.29, 0.717) is 0 Å². The summed E-state index contributed by atoms with van der Waals surface area (Å²) in [7, 11) is 0. The van der Waals surface area contributed by atoms with E-state index in [9.17, 15) is 0 Å². The van der Waals surface area contributed by atoms with Gasteiger partial charge in [-0.1, -0.05) is 117 Å². The molecule has 6 aromatic rings. The Morgan fingerprint density at radius 1 is 0.521 bits per heavy atom. The minimum atomic E-state index is 0.00422. The van der Waals surface area contributed by atoms with Gasteiger partial charge in [0.25, 0.3) is 0 Å². The van der Waals surface area contributed by atoms with Gasteiger partial charge in [0.1, 0.15) is 0 Å². The first-order valence-electron chi connectivity index (χ1n) is 17.5. The van der Waals surface area contributed by atoms with Crippen molar-refractivity contribution < 1.29 is 0 Å². The van der Waals surface area contributed by atoms with Crippen LogP contribution in [0.5, 0.6) is 0 Å². The second kappa shape index (κ2) is 11.9. The number of hydrogen-bond acceptors (Lipinski definition) is 2. The Labute approximate surface area is 286 Å². The predicted octanol–water partition coefficient (Wildman–Crippen LogP) is 12.8. The van der Waals surface area contributed by atoms with Gasteiger partial charge < -0.3 is 9.80 Å². The normalized spacial score (nSPS) is 19.9. The number of nitrogens with zero attached hydrogens (tertiary/aromatic N) is 2. The topological polar surface area (TPSA) is 6.48 Å². The summed E-state index contributed by atoms with van der Waals surface area (Å²) in [6, 6.07) is 53.4. The molecule has 1 aliphatic heterocycles. The van der Waals surface area contributed by atoms with Crippen LogP contribution in [0.3, 0.4) is 0 Å². The molecule has 2 nitrogen and oxygen atoms in total. The molecule has 2 unspecified atom stereocenters. The van der Waals surface area contributed by atoms with Gasteiger partial charge in [0.15, 0.2) is 0 Å². The second-order valence-corrected chi connectivity index (χ2v) is 14.3. The van der Waals surface area contributed by atoms with Gasteiger partial charge in [-0.15, -0.1) is 0 Å². The van der Waals surface area contributed by atoms with Crippen molar-refractivity contribution in [2.24, 2.45) is 0 Å². The molecule has 1 fully saturated rings. The third-order valence-corrected chi connectivity index (χ3v) is 11.3. The molecule has 0 amide bonds. The molecule has 0 aromatic heterocycles. The van der Waals surface area contributed by atoms with E-state index in [-0.39, 0.29) is 11.0 Å². The molecule has 2 atom stereocenters. The van der Waals surface area contributed by atoms with Crippen LogP contribution < -0.4 is 9.80 Å². The summed E-state index contributed by atoms with van der Waals surface area (Å²) in [6.45, 7) is 9.63. The molecular formula is C46H44N2. The molecule has 0 bridgehead atoms. The van der Waals surface area contributed by atoms with Crippen LogP contribution in [0.25, 0.3) is 22.3 Å². The lowest BCUT2D eigenvalue weighted by atomic mass is 9.61. The van der Waals surface area contributed by atoms with Crippen molar-refractivity contribution in [3.05, 3.63) is 162 Å². The van der Waals surface area contributed by atoms with Crippen molar-refractivity contribution in [2.45, 2.75) is 64.3 Å². The monoisotopic (exact) mass is 624 g/mol. The quantitative estimate of drug-likeness (QED) is 0.182. The van der Waals surface area contributed by atoms with E-state index in [4.69, 9.17) is 0 Å². The largest absolute Gasteiger partial charge is 0.334 e. The lowest BCUT2D eigenvalue weighted by Crippen LogP contribution is -2.54. The number of hydrogen-bond donors (Lipinski definition) is 0. The number of fused-ring (bicyclic) bond motifs is 3. The van der Waals surface area contributed by atoms with Crippen molar-refractivity contribution >= 4 is 28.4 Å².